The molecule has 1 saturated heterocycles. The molecule has 1 aliphatic heterocycles. The third-order valence-electron chi connectivity index (χ3n) is 4.29. The van der Waals surface area contributed by atoms with Crippen molar-refractivity contribution in [2.24, 2.45) is 0 Å². The SMILES string of the molecule is COc1ccccc1S(=O)(=O)N1CCS[C@H](c2cc(F)ccc2F)CC1. The van der Waals surface area contributed by atoms with Crippen molar-refractivity contribution >= 4 is 21.8 Å². The van der Waals surface area contributed by atoms with Gasteiger partial charge in [0.15, 0.2) is 0 Å². The number of nitrogens with zero attached hydrogens (tertiary/aromatic N) is 1. The van der Waals surface area contributed by atoms with Crippen LogP contribution in [-0.2, 0) is 10.0 Å². The van der Waals surface area contributed by atoms with E-state index in [0.29, 0.717) is 18.7 Å². The number of para-hydroxylation sites is 1. The Bertz CT molecular complexity index is 890. The second-order valence-corrected chi connectivity index (χ2v) is 9.09. The standard InChI is InChI=1S/C18H19F2NO3S2/c1-24-16-4-2-3-5-18(16)26(22,23)21-9-8-17(25-11-10-21)14-12-13(19)6-7-15(14)20/h2-7,12,17H,8-11H2,1H3/t17-/m0/s1. The lowest BCUT2D eigenvalue weighted by atomic mass is 10.1. The Balaban J connectivity index is 1.83. The number of methoxy groups -OCH3 is 1. The van der Waals surface area contributed by atoms with Crippen LogP contribution in [0.2, 0.25) is 0 Å². The molecule has 0 bridgehead atoms. The maximum Gasteiger partial charge on any atom is 0.246 e. The summed E-state index contributed by atoms with van der Waals surface area (Å²) in [6.07, 6.45) is 0.402. The molecule has 3 rings (SSSR count). The molecule has 140 valence electrons. The third-order valence-corrected chi connectivity index (χ3v) is 7.54. The molecule has 8 heteroatoms. The molecule has 0 aromatic heterocycles. The van der Waals surface area contributed by atoms with Gasteiger partial charge >= 0.3 is 0 Å². The minimum atomic E-state index is -3.72. The molecular formula is C18H19F2NO3S2. The second-order valence-electron chi connectivity index (χ2n) is 5.87. The van der Waals surface area contributed by atoms with Crippen LogP contribution in [-0.4, -0.2) is 38.7 Å². The molecule has 26 heavy (non-hydrogen) atoms. The Kier molecular flexibility index (Phi) is 5.84. The maximum atomic E-state index is 14.1. The Morgan fingerprint density at radius 1 is 1.15 bits per heavy atom. The number of sulfonamides is 1. The average molecular weight is 399 g/mol. The molecule has 0 spiro atoms. The first-order chi connectivity index (χ1) is 12.4. The predicted octanol–water partition coefficient (Wildman–Crippen LogP) is 3.84. The highest BCUT2D eigenvalue weighted by Crippen LogP contribution is 2.37. The predicted molar refractivity (Wildman–Crippen MR) is 97.9 cm³/mol. The van der Waals surface area contributed by atoms with Gasteiger partial charge in [-0.3, -0.25) is 0 Å². The van der Waals surface area contributed by atoms with E-state index >= 15 is 0 Å². The van der Waals surface area contributed by atoms with Crippen LogP contribution >= 0.6 is 11.8 Å². The van der Waals surface area contributed by atoms with Gasteiger partial charge in [-0.2, -0.15) is 16.1 Å². The molecule has 2 aromatic rings. The van der Waals surface area contributed by atoms with Crippen molar-refractivity contribution in [2.75, 3.05) is 26.0 Å². The van der Waals surface area contributed by atoms with Crippen molar-refractivity contribution in [1.82, 2.24) is 4.31 Å². The molecule has 1 atom stereocenters. The zero-order chi connectivity index (χ0) is 18.7. The quantitative estimate of drug-likeness (QED) is 0.784. The summed E-state index contributed by atoms with van der Waals surface area (Å²) < 4.78 is 60.1. The van der Waals surface area contributed by atoms with Crippen LogP contribution < -0.4 is 4.74 Å². The van der Waals surface area contributed by atoms with Gasteiger partial charge in [0, 0.05) is 29.7 Å². The molecule has 2 aromatic carbocycles. The van der Waals surface area contributed by atoms with E-state index in [1.165, 1.54) is 35.3 Å². The summed E-state index contributed by atoms with van der Waals surface area (Å²) in [5.74, 6) is -0.179. The lowest BCUT2D eigenvalue weighted by Crippen LogP contribution is -2.33. The van der Waals surface area contributed by atoms with Crippen LogP contribution in [0.25, 0.3) is 0 Å². The fourth-order valence-electron chi connectivity index (χ4n) is 2.97. The first kappa shape index (κ1) is 19.1. The van der Waals surface area contributed by atoms with Crippen molar-refractivity contribution in [1.29, 1.82) is 0 Å². The van der Waals surface area contributed by atoms with Crippen LogP contribution in [0.1, 0.15) is 17.2 Å². The van der Waals surface area contributed by atoms with Gasteiger partial charge in [0.05, 0.1) is 7.11 Å². The molecular weight excluding hydrogens is 380 g/mol. The van der Waals surface area contributed by atoms with E-state index in [9.17, 15) is 17.2 Å². The summed E-state index contributed by atoms with van der Waals surface area (Å²) in [5.41, 5.74) is 0.284. The zero-order valence-electron chi connectivity index (χ0n) is 14.2. The van der Waals surface area contributed by atoms with E-state index < -0.39 is 21.7 Å². The summed E-state index contributed by atoms with van der Waals surface area (Å²) in [7, 11) is -2.30. The number of hydrogen-bond donors (Lipinski definition) is 0. The van der Waals surface area contributed by atoms with E-state index in [-0.39, 0.29) is 28.0 Å². The minimum Gasteiger partial charge on any atom is -0.495 e. The summed E-state index contributed by atoms with van der Waals surface area (Å²) in [6.45, 7) is 0.534. The van der Waals surface area contributed by atoms with E-state index in [1.54, 1.807) is 18.2 Å². The first-order valence-electron chi connectivity index (χ1n) is 8.13. The van der Waals surface area contributed by atoms with Gasteiger partial charge in [0.1, 0.15) is 22.3 Å². The lowest BCUT2D eigenvalue weighted by Gasteiger charge is -2.21. The number of rotatable bonds is 4. The normalized spacial score (nSPS) is 19.1. The van der Waals surface area contributed by atoms with Crippen LogP contribution in [0.4, 0.5) is 8.78 Å². The molecule has 0 amide bonds. The number of benzene rings is 2. The molecule has 1 heterocycles. The zero-order valence-corrected chi connectivity index (χ0v) is 15.8. The third kappa shape index (κ3) is 3.87. The topological polar surface area (TPSA) is 46.6 Å². The van der Waals surface area contributed by atoms with Gasteiger partial charge in [-0.15, -0.1) is 0 Å². The van der Waals surface area contributed by atoms with Crippen molar-refractivity contribution in [2.45, 2.75) is 16.6 Å². The van der Waals surface area contributed by atoms with Gasteiger partial charge in [0.25, 0.3) is 0 Å². The highest BCUT2D eigenvalue weighted by atomic mass is 32.2. The molecule has 4 nitrogen and oxygen atoms in total. The van der Waals surface area contributed by atoms with Crippen LogP contribution in [0.15, 0.2) is 47.4 Å². The van der Waals surface area contributed by atoms with Crippen molar-refractivity contribution in [3.8, 4) is 5.75 Å². The first-order valence-corrected chi connectivity index (χ1v) is 10.6. The summed E-state index contributed by atoms with van der Waals surface area (Å²) >= 11 is 1.44. The Labute approximate surface area is 156 Å². The summed E-state index contributed by atoms with van der Waals surface area (Å²) in [6, 6.07) is 9.85. The van der Waals surface area contributed by atoms with Crippen LogP contribution in [0, 0.1) is 11.6 Å². The van der Waals surface area contributed by atoms with Crippen LogP contribution in [0.5, 0.6) is 5.75 Å². The maximum absolute atomic E-state index is 14.1. The number of hydrogen-bond acceptors (Lipinski definition) is 4. The Hall–Kier alpha value is -1.64. The molecule has 1 aliphatic rings. The molecule has 0 aliphatic carbocycles. The van der Waals surface area contributed by atoms with Gasteiger partial charge in [-0.1, -0.05) is 12.1 Å². The number of halogens is 2. The van der Waals surface area contributed by atoms with Gasteiger partial charge in [-0.05, 0) is 36.8 Å². The smallest absolute Gasteiger partial charge is 0.246 e. The molecule has 1 fully saturated rings. The largest absolute Gasteiger partial charge is 0.495 e. The van der Waals surface area contributed by atoms with Gasteiger partial charge in [-0.25, -0.2) is 17.2 Å². The fraction of sp³-hybridized carbons (Fsp3) is 0.333. The highest BCUT2D eigenvalue weighted by molar-refractivity contribution is 7.99. The van der Waals surface area contributed by atoms with E-state index in [2.05, 4.69) is 0 Å². The number of thioether (sulfide) groups is 1. The average Bonchev–Trinajstić information content (AvgIpc) is 2.90. The van der Waals surface area contributed by atoms with E-state index in [1.807, 2.05) is 0 Å². The van der Waals surface area contributed by atoms with E-state index in [4.69, 9.17) is 4.74 Å². The highest BCUT2D eigenvalue weighted by Gasteiger charge is 2.31. The molecule has 0 unspecified atom stereocenters. The van der Waals surface area contributed by atoms with Crippen molar-refractivity contribution in [3.05, 3.63) is 59.7 Å². The molecule has 0 saturated carbocycles. The molecule has 0 radical (unpaired) electrons. The Morgan fingerprint density at radius 2 is 1.92 bits per heavy atom. The summed E-state index contributed by atoms with van der Waals surface area (Å²) in [4.78, 5) is 0.114. The Morgan fingerprint density at radius 3 is 2.69 bits per heavy atom. The lowest BCUT2D eigenvalue weighted by molar-refractivity contribution is 0.392. The van der Waals surface area contributed by atoms with Crippen molar-refractivity contribution < 1.29 is 21.9 Å². The van der Waals surface area contributed by atoms with Gasteiger partial charge in [0.2, 0.25) is 10.0 Å². The minimum absolute atomic E-state index is 0.114. The second kappa shape index (κ2) is 7.94. The van der Waals surface area contributed by atoms with Crippen LogP contribution in [0.3, 0.4) is 0 Å². The van der Waals surface area contributed by atoms with Gasteiger partial charge < -0.3 is 4.74 Å². The van der Waals surface area contributed by atoms with Crippen molar-refractivity contribution in [3.63, 3.8) is 0 Å². The summed E-state index contributed by atoms with van der Waals surface area (Å²) in [5, 5.41) is -0.288. The fourth-order valence-corrected chi connectivity index (χ4v) is 5.94. The molecule has 0 N–H and O–H groups in total. The monoisotopic (exact) mass is 399 g/mol. The number of ether oxygens (including phenoxy) is 1. The van der Waals surface area contributed by atoms with E-state index in [0.717, 1.165) is 12.1 Å².